The molecule has 5 nitrogen and oxygen atoms in total. The topological polar surface area (TPSA) is 67.4 Å². The minimum Gasteiger partial charge on any atom is -0.494 e. The van der Waals surface area contributed by atoms with E-state index in [1.54, 1.807) is 48.5 Å². The van der Waals surface area contributed by atoms with E-state index in [9.17, 15) is 9.59 Å². The Hall–Kier alpha value is -3.60. The van der Waals surface area contributed by atoms with Crippen LogP contribution in [0.1, 0.15) is 52.5 Å². The van der Waals surface area contributed by atoms with Crippen LogP contribution in [0.25, 0.3) is 0 Å². The average Bonchev–Trinajstić information content (AvgIpc) is 2.81. The average molecular weight is 417 g/mol. The van der Waals surface area contributed by atoms with Crippen molar-refractivity contribution in [2.45, 2.75) is 32.7 Å². The van der Waals surface area contributed by atoms with Crippen molar-refractivity contribution in [2.24, 2.45) is 0 Å². The van der Waals surface area contributed by atoms with Crippen LogP contribution in [0, 0.1) is 0 Å². The Morgan fingerprint density at radius 2 is 1.52 bits per heavy atom. The van der Waals surface area contributed by atoms with E-state index < -0.39 is 0 Å². The normalized spacial score (nSPS) is 10.4. The molecule has 0 aliphatic carbocycles. The molecule has 3 aromatic rings. The lowest BCUT2D eigenvalue weighted by molar-refractivity contribution is 0.0952. The largest absolute Gasteiger partial charge is 0.494 e. The fraction of sp³-hybridized carbons (Fsp3) is 0.231. The van der Waals surface area contributed by atoms with Crippen LogP contribution in [-0.4, -0.2) is 18.4 Å². The minimum absolute atomic E-state index is 0.240. The molecule has 0 heterocycles. The zero-order valence-corrected chi connectivity index (χ0v) is 17.8. The molecular formula is C26H28N2O3. The number of carbonyl (C=O) groups excluding carboxylic acids is 2. The monoisotopic (exact) mass is 416 g/mol. The molecule has 160 valence electrons. The maximum atomic E-state index is 12.7. The quantitative estimate of drug-likeness (QED) is 0.433. The molecule has 3 rings (SSSR count). The van der Waals surface area contributed by atoms with E-state index >= 15 is 0 Å². The first-order valence-electron chi connectivity index (χ1n) is 10.6. The summed E-state index contributed by atoms with van der Waals surface area (Å²) < 4.78 is 5.69. The Morgan fingerprint density at radius 1 is 0.806 bits per heavy atom. The number of benzene rings is 3. The van der Waals surface area contributed by atoms with Crippen LogP contribution in [0.4, 0.5) is 5.69 Å². The first kappa shape index (κ1) is 22.1. The van der Waals surface area contributed by atoms with E-state index in [-0.39, 0.29) is 11.8 Å². The Balaban J connectivity index is 1.60. The molecule has 0 unspecified atom stereocenters. The van der Waals surface area contributed by atoms with Gasteiger partial charge < -0.3 is 15.4 Å². The van der Waals surface area contributed by atoms with Gasteiger partial charge in [-0.2, -0.15) is 0 Å². The van der Waals surface area contributed by atoms with Crippen molar-refractivity contribution in [1.82, 2.24) is 5.32 Å². The molecule has 0 aromatic heterocycles. The highest BCUT2D eigenvalue weighted by molar-refractivity contribution is 6.09. The first-order chi connectivity index (χ1) is 15.2. The van der Waals surface area contributed by atoms with Gasteiger partial charge in [0.15, 0.2) is 0 Å². The summed E-state index contributed by atoms with van der Waals surface area (Å²) in [6.45, 7) is 3.24. The van der Waals surface area contributed by atoms with Gasteiger partial charge in [0.1, 0.15) is 5.75 Å². The summed E-state index contributed by atoms with van der Waals surface area (Å²) >= 11 is 0. The number of hydrogen-bond donors (Lipinski definition) is 2. The van der Waals surface area contributed by atoms with Crippen LogP contribution in [0.2, 0.25) is 0 Å². The van der Waals surface area contributed by atoms with Gasteiger partial charge in [-0.1, -0.05) is 62.2 Å². The number of carbonyl (C=O) groups is 2. The third-order valence-corrected chi connectivity index (χ3v) is 4.85. The Morgan fingerprint density at radius 3 is 2.26 bits per heavy atom. The lowest BCUT2D eigenvalue weighted by Gasteiger charge is -2.12. The number of amides is 2. The van der Waals surface area contributed by atoms with E-state index in [0.29, 0.717) is 30.0 Å². The zero-order chi connectivity index (χ0) is 21.9. The maximum absolute atomic E-state index is 12.7. The molecule has 0 saturated heterocycles. The van der Waals surface area contributed by atoms with Crippen molar-refractivity contribution < 1.29 is 14.3 Å². The van der Waals surface area contributed by atoms with Crippen LogP contribution in [0.15, 0.2) is 78.9 Å². The third kappa shape index (κ3) is 6.71. The molecule has 2 amide bonds. The van der Waals surface area contributed by atoms with E-state index in [1.807, 2.05) is 30.3 Å². The number of rotatable bonds is 10. The van der Waals surface area contributed by atoms with E-state index in [4.69, 9.17) is 4.74 Å². The van der Waals surface area contributed by atoms with Crippen LogP contribution in [0.3, 0.4) is 0 Å². The zero-order valence-electron chi connectivity index (χ0n) is 17.8. The molecule has 0 atom stereocenters. The summed E-state index contributed by atoms with van der Waals surface area (Å²) in [6, 6.07) is 23.7. The van der Waals surface area contributed by atoms with Crippen LogP contribution < -0.4 is 15.4 Å². The van der Waals surface area contributed by atoms with Gasteiger partial charge in [0.2, 0.25) is 0 Å². The second-order valence-electron chi connectivity index (χ2n) is 7.25. The van der Waals surface area contributed by atoms with Crippen molar-refractivity contribution in [3.8, 4) is 5.75 Å². The molecule has 31 heavy (non-hydrogen) atoms. The standard InChI is InChI=1S/C26H28N2O3/c1-2-3-9-18-31-22-16-14-21(15-17-22)25(29)28-24-13-8-7-12-23(24)26(30)27-19-20-10-5-4-6-11-20/h4-8,10-17H,2-3,9,18-19H2,1H3,(H,27,30)(H,28,29). The van der Waals surface area contributed by atoms with Crippen LogP contribution in [0.5, 0.6) is 5.75 Å². The van der Waals surface area contributed by atoms with Gasteiger partial charge in [-0.3, -0.25) is 9.59 Å². The Labute approximate surface area is 183 Å². The Kier molecular flexibility index (Phi) is 8.23. The number of para-hydroxylation sites is 1. The van der Waals surface area contributed by atoms with Crippen molar-refractivity contribution in [3.63, 3.8) is 0 Å². The molecule has 3 aromatic carbocycles. The van der Waals surface area contributed by atoms with Crippen molar-refractivity contribution in [3.05, 3.63) is 95.6 Å². The fourth-order valence-electron chi connectivity index (χ4n) is 3.10. The molecule has 0 radical (unpaired) electrons. The van der Waals surface area contributed by atoms with E-state index in [0.717, 1.165) is 30.6 Å². The number of unbranched alkanes of at least 4 members (excludes halogenated alkanes) is 2. The van der Waals surface area contributed by atoms with Crippen molar-refractivity contribution in [2.75, 3.05) is 11.9 Å². The van der Waals surface area contributed by atoms with Crippen molar-refractivity contribution in [1.29, 1.82) is 0 Å². The van der Waals surface area contributed by atoms with Gasteiger partial charge in [0, 0.05) is 12.1 Å². The molecule has 0 aliphatic heterocycles. The lowest BCUT2D eigenvalue weighted by Crippen LogP contribution is -2.24. The number of ether oxygens (including phenoxy) is 1. The number of nitrogens with one attached hydrogen (secondary N) is 2. The number of anilines is 1. The smallest absolute Gasteiger partial charge is 0.255 e. The summed E-state index contributed by atoms with van der Waals surface area (Å²) in [5, 5.41) is 5.74. The van der Waals surface area contributed by atoms with Gasteiger partial charge in [-0.25, -0.2) is 0 Å². The SMILES string of the molecule is CCCCCOc1ccc(C(=O)Nc2ccccc2C(=O)NCc2ccccc2)cc1. The van der Waals surface area contributed by atoms with E-state index in [2.05, 4.69) is 17.6 Å². The van der Waals surface area contributed by atoms with Gasteiger partial charge in [-0.15, -0.1) is 0 Å². The molecule has 0 fully saturated rings. The van der Waals surface area contributed by atoms with Gasteiger partial charge >= 0.3 is 0 Å². The highest BCUT2D eigenvalue weighted by atomic mass is 16.5. The highest BCUT2D eigenvalue weighted by Gasteiger charge is 2.14. The third-order valence-electron chi connectivity index (χ3n) is 4.85. The molecule has 0 spiro atoms. The van der Waals surface area contributed by atoms with Crippen LogP contribution in [-0.2, 0) is 6.54 Å². The van der Waals surface area contributed by atoms with Gasteiger partial charge in [0.05, 0.1) is 17.9 Å². The predicted octanol–water partition coefficient (Wildman–Crippen LogP) is 5.44. The highest BCUT2D eigenvalue weighted by Crippen LogP contribution is 2.18. The second kappa shape index (κ2) is 11.6. The lowest BCUT2D eigenvalue weighted by atomic mass is 10.1. The molecule has 0 saturated carbocycles. The summed E-state index contributed by atoms with van der Waals surface area (Å²) in [6.07, 6.45) is 3.30. The van der Waals surface area contributed by atoms with Crippen molar-refractivity contribution >= 4 is 17.5 Å². The number of hydrogen-bond acceptors (Lipinski definition) is 3. The Bertz CT molecular complexity index is 985. The summed E-state index contributed by atoms with van der Waals surface area (Å²) in [5.74, 6) is 0.227. The molecular weight excluding hydrogens is 388 g/mol. The van der Waals surface area contributed by atoms with E-state index in [1.165, 1.54) is 0 Å². The summed E-state index contributed by atoms with van der Waals surface area (Å²) in [7, 11) is 0. The summed E-state index contributed by atoms with van der Waals surface area (Å²) in [5.41, 5.74) is 2.40. The van der Waals surface area contributed by atoms with Crippen LogP contribution >= 0.6 is 0 Å². The minimum atomic E-state index is -0.277. The van der Waals surface area contributed by atoms with Gasteiger partial charge in [0.25, 0.3) is 11.8 Å². The maximum Gasteiger partial charge on any atom is 0.255 e. The molecule has 0 aliphatic rings. The fourth-order valence-corrected chi connectivity index (χ4v) is 3.10. The van der Waals surface area contributed by atoms with Gasteiger partial charge in [-0.05, 0) is 48.4 Å². The molecule has 2 N–H and O–H groups in total. The molecule has 0 bridgehead atoms. The predicted molar refractivity (Wildman–Crippen MR) is 123 cm³/mol. The second-order valence-corrected chi connectivity index (χ2v) is 7.25. The molecule has 5 heteroatoms. The first-order valence-corrected chi connectivity index (χ1v) is 10.6. The summed E-state index contributed by atoms with van der Waals surface area (Å²) in [4.78, 5) is 25.4.